The normalized spacial score (nSPS) is 12.3. The Morgan fingerprint density at radius 1 is 1.50 bits per heavy atom. The molecule has 18 heavy (non-hydrogen) atoms. The largest absolute Gasteiger partial charge is 0.347 e. The maximum Gasteiger partial charge on any atom is 0.268 e. The van der Waals surface area contributed by atoms with Gasteiger partial charge in [0.15, 0.2) is 0 Å². The van der Waals surface area contributed by atoms with Crippen molar-refractivity contribution in [3.8, 4) is 0 Å². The minimum atomic E-state index is -0.0745. The van der Waals surface area contributed by atoms with Crippen molar-refractivity contribution in [1.29, 1.82) is 0 Å². The van der Waals surface area contributed by atoms with Crippen molar-refractivity contribution in [2.75, 3.05) is 6.54 Å². The number of nitrogens with two attached hydrogens (primary N) is 1. The van der Waals surface area contributed by atoms with E-state index in [1.54, 1.807) is 11.3 Å². The number of amides is 1. The van der Waals surface area contributed by atoms with E-state index in [4.69, 9.17) is 5.73 Å². The Morgan fingerprint density at radius 2 is 2.33 bits per heavy atom. The molecule has 2 aromatic rings. The summed E-state index contributed by atoms with van der Waals surface area (Å²) in [6.45, 7) is 3.06. The van der Waals surface area contributed by atoms with Crippen molar-refractivity contribution in [1.82, 2.24) is 9.88 Å². The van der Waals surface area contributed by atoms with Crippen molar-refractivity contribution in [2.45, 2.75) is 19.5 Å². The third-order valence-electron chi connectivity index (χ3n) is 2.70. The summed E-state index contributed by atoms with van der Waals surface area (Å²) < 4.78 is 1.95. The predicted octanol–water partition coefficient (Wildman–Crippen LogP) is 1.67. The first-order valence-electron chi connectivity index (χ1n) is 5.89. The molecule has 0 aliphatic carbocycles. The van der Waals surface area contributed by atoms with E-state index in [1.165, 1.54) is 4.88 Å². The number of nitrogens with zero attached hydrogens (tertiary/aromatic N) is 1. The molecule has 0 fully saturated rings. The average molecular weight is 263 g/mol. The zero-order valence-electron chi connectivity index (χ0n) is 10.3. The van der Waals surface area contributed by atoms with Crippen LogP contribution in [-0.2, 0) is 6.54 Å². The maximum absolute atomic E-state index is 12.0. The Bertz CT molecular complexity index is 504. The van der Waals surface area contributed by atoms with Crippen LogP contribution in [-0.4, -0.2) is 23.1 Å². The van der Waals surface area contributed by atoms with Crippen LogP contribution < -0.4 is 11.1 Å². The van der Waals surface area contributed by atoms with Gasteiger partial charge in [-0.3, -0.25) is 4.79 Å². The standard InChI is InChI=1S/C13H17N3OS/c1-10(8-14)15-13(17)12-5-2-6-16(12)9-11-4-3-7-18-11/h2-7,10H,8-9,14H2,1H3,(H,15,17)/t10-/m0/s1. The molecule has 2 rings (SSSR count). The Hall–Kier alpha value is -1.59. The molecular weight excluding hydrogens is 246 g/mol. The smallest absolute Gasteiger partial charge is 0.268 e. The van der Waals surface area contributed by atoms with E-state index in [1.807, 2.05) is 41.3 Å². The SMILES string of the molecule is C[C@@H](CN)NC(=O)c1cccn1Cc1cccs1. The van der Waals surface area contributed by atoms with E-state index in [2.05, 4.69) is 11.4 Å². The highest BCUT2D eigenvalue weighted by atomic mass is 32.1. The summed E-state index contributed by atoms with van der Waals surface area (Å²) in [6, 6.07) is 7.78. The summed E-state index contributed by atoms with van der Waals surface area (Å²) in [7, 11) is 0. The summed E-state index contributed by atoms with van der Waals surface area (Å²) in [6.07, 6.45) is 1.92. The summed E-state index contributed by atoms with van der Waals surface area (Å²) in [5, 5.41) is 4.91. The third-order valence-corrected chi connectivity index (χ3v) is 3.56. The number of hydrogen-bond donors (Lipinski definition) is 2. The lowest BCUT2D eigenvalue weighted by molar-refractivity contribution is 0.0932. The molecule has 4 nitrogen and oxygen atoms in total. The van der Waals surface area contributed by atoms with Crippen LogP contribution in [0, 0.1) is 0 Å². The van der Waals surface area contributed by atoms with Gasteiger partial charge in [-0.05, 0) is 30.5 Å². The zero-order chi connectivity index (χ0) is 13.0. The van der Waals surface area contributed by atoms with Crippen molar-refractivity contribution >= 4 is 17.2 Å². The maximum atomic E-state index is 12.0. The highest BCUT2D eigenvalue weighted by Gasteiger charge is 2.12. The first kappa shape index (κ1) is 12.9. The van der Waals surface area contributed by atoms with Crippen LogP contribution in [0.3, 0.4) is 0 Å². The Balaban J connectivity index is 2.10. The molecule has 0 unspecified atom stereocenters. The number of aromatic nitrogens is 1. The van der Waals surface area contributed by atoms with Gasteiger partial charge in [-0.25, -0.2) is 0 Å². The Kier molecular flexibility index (Phi) is 4.17. The number of carbonyl (C=O) groups excluding carboxylic acids is 1. The predicted molar refractivity (Wildman–Crippen MR) is 73.8 cm³/mol. The first-order chi connectivity index (χ1) is 8.70. The second kappa shape index (κ2) is 5.84. The monoisotopic (exact) mass is 263 g/mol. The molecule has 96 valence electrons. The molecule has 0 saturated heterocycles. The fourth-order valence-corrected chi connectivity index (χ4v) is 2.39. The molecule has 1 atom stereocenters. The molecule has 0 aliphatic heterocycles. The van der Waals surface area contributed by atoms with Crippen molar-refractivity contribution < 1.29 is 4.79 Å². The van der Waals surface area contributed by atoms with E-state index < -0.39 is 0 Å². The lowest BCUT2D eigenvalue weighted by Gasteiger charge is -2.13. The number of rotatable bonds is 5. The van der Waals surface area contributed by atoms with E-state index in [-0.39, 0.29) is 11.9 Å². The number of hydrogen-bond acceptors (Lipinski definition) is 3. The van der Waals surface area contributed by atoms with Crippen LogP contribution >= 0.6 is 11.3 Å². The van der Waals surface area contributed by atoms with Crippen LogP contribution in [0.1, 0.15) is 22.3 Å². The quantitative estimate of drug-likeness (QED) is 0.862. The highest BCUT2D eigenvalue weighted by molar-refractivity contribution is 7.09. The number of carbonyl (C=O) groups is 1. The summed E-state index contributed by atoms with van der Waals surface area (Å²) >= 11 is 1.69. The molecule has 2 aromatic heterocycles. The van der Waals surface area contributed by atoms with Gasteiger partial charge in [-0.15, -0.1) is 11.3 Å². The second-order valence-electron chi connectivity index (χ2n) is 4.21. The molecule has 0 saturated carbocycles. The van der Waals surface area contributed by atoms with Crippen molar-refractivity contribution in [2.24, 2.45) is 5.73 Å². The molecule has 0 aliphatic rings. The fourth-order valence-electron chi connectivity index (χ4n) is 1.69. The molecule has 0 bridgehead atoms. The van der Waals surface area contributed by atoms with Gasteiger partial charge in [0.05, 0.1) is 6.54 Å². The number of thiophene rings is 1. The van der Waals surface area contributed by atoms with Crippen LogP contribution in [0.2, 0.25) is 0 Å². The zero-order valence-corrected chi connectivity index (χ0v) is 11.1. The topological polar surface area (TPSA) is 60.0 Å². The van der Waals surface area contributed by atoms with Crippen LogP contribution in [0.25, 0.3) is 0 Å². The summed E-state index contributed by atoms with van der Waals surface area (Å²) in [5.41, 5.74) is 6.17. The van der Waals surface area contributed by atoms with Crippen LogP contribution in [0.15, 0.2) is 35.8 Å². The van der Waals surface area contributed by atoms with Gasteiger partial charge in [-0.2, -0.15) is 0 Å². The molecular formula is C13H17N3OS. The highest BCUT2D eigenvalue weighted by Crippen LogP contribution is 2.13. The lowest BCUT2D eigenvalue weighted by Crippen LogP contribution is -2.38. The third kappa shape index (κ3) is 3.00. The molecule has 2 heterocycles. The average Bonchev–Trinajstić information content (AvgIpc) is 3.00. The van der Waals surface area contributed by atoms with Gasteiger partial charge in [0, 0.05) is 23.7 Å². The minimum Gasteiger partial charge on any atom is -0.347 e. The van der Waals surface area contributed by atoms with Gasteiger partial charge in [0.25, 0.3) is 5.91 Å². The summed E-state index contributed by atoms with van der Waals surface area (Å²) in [4.78, 5) is 13.3. The molecule has 3 N–H and O–H groups in total. The lowest BCUT2D eigenvalue weighted by atomic mass is 10.3. The van der Waals surface area contributed by atoms with Crippen molar-refractivity contribution in [3.63, 3.8) is 0 Å². The first-order valence-corrected chi connectivity index (χ1v) is 6.77. The summed E-state index contributed by atoms with van der Waals surface area (Å²) in [5.74, 6) is -0.0745. The van der Waals surface area contributed by atoms with E-state index in [9.17, 15) is 4.79 Å². The van der Waals surface area contributed by atoms with E-state index in [0.29, 0.717) is 12.2 Å². The molecule has 0 aromatic carbocycles. The molecule has 0 spiro atoms. The van der Waals surface area contributed by atoms with Crippen molar-refractivity contribution in [3.05, 3.63) is 46.4 Å². The second-order valence-corrected chi connectivity index (χ2v) is 5.24. The molecule has 1 amide bonds. The van der Waals surface area contributed by atoms with Crippen LogP contribution in [0.5, 0.6) is 0 Å². The van der Waals surface area contributed by atoms with E-state index in [0.717, 1.165) is 6.54 Å². The Morgan fingerprint density at radius 3 is 3.00 bits per heavy atom. The van der Waals surface area contributed by atoms with Gasteiger partial charge < -0.3 is 15.6 Å². The number of nitrogens with one attached hydrogen (secondary N) is 1. The van der Waals surface area contributed by atoms with Gasteiger partial charge in [-0.1, -0.05) is 6.07 Å². The van der Waals surface area contributed by atoms with E-state index >= 15 is 0 Å². The van der Waals surface area contributed by atoms with Gasteiger partial charge in [0.2, 0.25) is 0 Å². The van der Waals surface area contributed by atoms with Gasteiger partial charge in [0.1, 0.15) is 5.69 Å². The van der Waals surface area contributed by atoms with Gasteiger partial charge >= 0.3 is 0 Å². The molecule has 0 radical (unpaired) electrons. The van der Waals surface area contributed by atoms with Crippen LogP contribution in [0.4, 0.5) is 0 Å². The molecule has 5 heteroatoms. The Labute approximate surface area is 110 Å². The fraction of sp³-hybridized carbons (Fsp3) is 0.308. The minimum absolute atomic E-state index is 0.0115.